The van der Waals surface area contributed by atoms with E-state index in [9.17, 15) is 9.59 Å². The average molecular weight is 653 g/mol. The van der Waals surface area contributed by atoms with Gasteiger partial charge in [0.15, 0.2) is 0 Å². The Labute approximate surface area is 266 Å². The summed E-state index contributed by atoms with van der Waals surface area (Å²) in [5, 5.41) is 0.949. The first-order valence-electron chi connectivity index (χ1n) is 15.5. The Morgan fingerprint density at radius 3 is 1.55 bits per heavy atom. The molecule has 0 bridgehead atoms. The Hall–Kier alpha value is -2.46. The van der Waals surface area contributed by atoms with Crippen molar-refractivity contribution in [2.24, 2.45) is 0 Å². The fourth-order valence-electron chi connectivity index (χ4n) is 6.36. The Kier molecular flexibility index (Phi) is 12.1. The Balaban J connectivity index is 2.13. The first-order chi connectivity index (χ1) is 20.6. The van der Waals surface area contributed by atoms with Crippen LogP contribution in [0.5, 0.6) is 0 Å². The van der Waals surface area contributed by atoms with E-state index in [1.165, 1.54) is 0 Å². The first kappa shape index (κ1) is 36.0. The van der Waals surface area contributed by atoms with Gasteiger partial charge in [-0.1, -0.05) is 65.7 Å². The highest BCUT2D eigenvalue weighted by atomic mass is 31.2. The molecule has 0 saturated carbocycles. The topological polar surface area (TPSA) is 78.9 Å². The van der Waals surface area contributed by atoms with E-state index in [4.69, 9.17) is 13.0 Å². The number of hydrogen-bond donors (Lipinski definition) is 0. The fourth-order valence-corrected chi connectivity index (χ4v) is 16.9. The van der Waals surface area contributed by atoms with Crippen molar-refractivity contribution in [3.63, 3.8) is 0 Å². The van der Waals surface area contributed by atoms with Crippen molar-refractivity contribution >= 4 is 40.5 Å². The van der Waals surface area contributed by atoms with E-state index < -0.39 is 35.3 Å². The third-order valence-electron chi connectivity index (χ3n) is 7.91. The van der Waals surface area contributed by atoms with Crippen LogP contribution in [0.15, 0.2) is 54.6 Å². The van der Waals surface area contributed by atoms with Gasteiger partial charge < -0.3 is 17.5 Å². The van der Waals surface area contributed by atoms with Gasteiger partial charge in [-0.05, 0) is 108 Å². The quantitative estimate of drug-likeness (QED) is 0.121. The van der Waals surface area contributed by atoms with Gasteiger partial charge in [0.05, 0.1) is 0 Å². The van der Waals surface area contributed by atoms with E-state index in [1.807, 2.05) is 123 Å². The van der Waals surface area contributed by atoms with Gasteiger partial charge in [-0.25, -0.2) is 0 Å². The Morgan fingerprint density at radius 2 is 1.14 bits per heavy atom. The molecule has 1 unspecified atom stereocenters. The summed E-state index contributed by atoms with van der Waals surface area (Å²) in [6, 6.07) is 17.9. The molecule has 9 heteroatoms. The predicted molar refractivity (Wildman–Crippen MR) is 186 cm³/mol. The lowest BCUT2D eigenvalue weighted by Crippen LogP contribution is -2.60. The smallest absolute Gasteiger partial charge is 0.363 e. The third-order valence-corrected chi connectivity index (χ3v) is 17.9. The molecule has 0 radical (unpaired) electrons. The van der Waals surface area contributed by atoms with Gasteiger partial charge in [-0.3, -0.25) is 9.59 Å². The molecule has 0 aliphatic carbocycles. The number of carbonyl (C=O) groups excluding carboxylic acids is 2. The fraction of sp³-hybridized carbons (Fsp3) is 0.429. The minimum absolute atomic E-state index is 0.0706. The van der Waals surface area contributed by atoms with Gasteiger partial charge in [-0.15, -0.1) is 0 Å². The van der Waals surface area contributed by atoms with Crippen molar-refractivity contribution in [1.82, 2.24) is 0 Å². The van der Waals surface area contributed by atoms with Crippen LogP contribution in [0.1, 0.15) is 74.4 Å². The Morgan fingerprint density at radius 1 is 0.705 bits per heavy atom. The first-order valence-corrected chi connectivity index (χ1v) is 22.2. The molecule has 6 nitrogen and oxygen atoms in total. The standard InChI is InChI=1S/C35H49O6PSi2/c1-11-39-43(9,10)41-44(40-12-2,31-17-14-13-15-18-31)20-16-19-42(38,34(36)32-27(5)21-25(3)22-28(32)6)35(37)33-29(7)23-26(4)24-30(33)8/h13-15,17-18,21-24H,11-12,16,19-20H2,1-10H3. The molecular formula is C35H49O6PSi2. The van der Waals surface area contributed by atoms with Crippen LogP contribution in [0.3, 0.4) is 0 Å². The number of benzene rings is 3. The van der Waals surface area contributed by atoms with Gasteiger partial charge in [0.1, 0.15) is 0 Å². The molecule has 3 aromatic carbocycles. The molecule has 3 rings (SSSR count). The van der Waals surface area contributed by atoms with Crippen molar-refractivity contribution in [1.29, 1.82) is 0 Å². The largest absolute Gasteiger partial charge is 0.411 e. The second-order valence-electron chi connectivity index (χ2n) is 12.2. The van der Waals surface area contributed by atoms with Crippen LogP contribution in [0.4, 0.5) is 0 Å². The third kappa shape index (κ3) is 8.03. The van der Waals surface area contributed by atoms with Gasteiger partial charge in [0, 0.05) is 30.5 Å². The monoisotopic (exact) mass is 652 g/mol. The lowest BCUT2D eigenvalue weighted by atomic mass is 10.0. The maximum Gasteiger partial charge on any atom is 0.363 e. The molecule has 0 amide bonds. The molecule has 1 atom stereocenters. The average Bonchev–Trinajstić information content (AvgIpc) is 2.92. The summed E-state index contributed by atoms with van der Waals surface area (Å²) >= 11 is 0. The molecule has 0 aliphatic rings. The van der Waals surface area contributed by atoms with Gasteiger partial charge in [0.25, 0.3) is 0 Å². The lowest BCUT2D eigenvalue weighted by Gasteiger charge is -2.37. The zero-order chi connectivity index (χ0) is 32.9. The number of carbonyl (C=O) groups is 2. The van der Waals surface area contributed by atoms with E-state index in [0.29, 0.717) is 36.8 Å². The summed E-state index contributed by atoms with van der Waals surface area (Å²) < 4.78 is 34.6. The number of aryl methyl sites for hydroxylation is 6. The number of hydrogen-bond acceptors (Lipinski definition) is 6. The van der Waals surface area contributed by atoms with Gasteiger partial charge >= 0.3 is 17.1 Å². The maximum atomic E-state index is 15.2. The molecule has 0 saturated heterocycles. The van der Waals surface area contributed by atoms with Gasteiger partial charge in [0.2, 0.25) is 18.2 Å². The summed E-state index contributed by atoms with van der Waals surface area (Å²) in [4.78, 5) is 28.9. The van der Waals surface area contributed by atoms with E-state index in [0.717, 1.165) is 38.6 Å². The normalized spacial score (nSPS) is 13.5. The van der Waals surface area contributed by atoms with Crippen molar-refractivity contribution in [2.45, 2.75) is 80.9 Å². The summed E-state index contributed by atoms with van der Waals surface area (Å²) in [5.41, 5.74) is 4.57. The maximum absolute atomic E-state index is 15.2. The second kappa shape index (κ2) is 14.8. The highest BCUT2D eigenvalue weighted by molar-refractivity contribution is 7.95. The molecule has 0 fully saturated rings. The van der Waals surface area contributed by atoms with Crippen LogP contribution in [0.25, 0.3) is 0 Å². The summed E-state index contributed by atoms with van der Waals surface area (Å²) in [5.74, 6) is 0. The van der Waals surface area contributed by atoms with Crippen molar-refractivity contribution in [2.75, 3.05) is 19.4 Å². The van der Waals surface area contributed by atoms with Crippen LogP contribution >= 0.6 is 7.14 Å². The van der Waals surface area contributed by atoms with E-state index in [-0.39, 0.29) is 6.16 Å². The van der Waals surface area contributed by atoms with Crippen LogP contribution < -0.4 is 5.19 Å². The van der Waals surface area contributed by atoms with Crippen molar-refractivity contribution in [3.05, 3.63) is 99.1 Å². The minimum atomic E-state index is -4.13. The molecule has 0 aliphatic heterocycles. The van der Waals surface area contributed by atoms with Crippen molar-refractivity contribution < 1.29 is 27.1 Å². The van der Waals surface area contributed by atoms with Crippen molar-refractivity contribution in [3.8, 4) is 0 Å². The summed E-state index contributed by atoms with van der Waals surface area (Å²) in [6.45, 7) is 20.2. The van der Waals surface area contributed by atoms with E-state index >= 15 is 4.57 Å². The van der Waals surface area contributed by atoms with Crippen LogP contribution in [0.2, 0.25) is 19.1 Å². The zero-order valence-corrected chi connectivity index (χ0v) is 31.0. The highest BCUT2D eigenvalue weighted by Gasteiger charge is 2.48. The molecule has 44 heavy (non-hydrogen) atoms. The molecule has 0 heterocycles. The van der Waals surface area contributed by atoms with Crippen LogP contribution in [-0.2, 0) is 17.5 Å². The molecule has 0 N–H and O–H groups in total. The zero-order valence-electron chi connectivity index (χ0n) is 28.1. The molecule has 0 spiro atoms. The number of rotatable bonds is 15. The summed E-state index contributed by atoms with van der Waals surface area (Å²) in [7, 11) is -9.88. The predicted octanol–water partition coefficient (Wildman–Crippen LogP) is 8.41. The highest BCUT2D eigenvalue weighted by Crippen LogP contribution is 2.54. The van der Waals surface area contributed by atoms with E-state index in [1.54, 1.807) is 0 Å². The molecule has 0 aromatic heterocycles. The SMILES string of the molecule is CCO[Si](C)(C)O[Si](CCCP(=O)(C(=O)c1c(C)cc(C)cc1C)C(=O)c1c(C)cc(C)cc1C)(OCC)c1ccccc1. The van der Waals surface area contributed by atoms with Gasteiger partial charge in [-0.2, -0.15) is 0 Å². The minimum Gasteiger partial charge on any atom is -0.411 e. The molecule has 238 valence electrons. The van der Waals surface area contributed by atoms with Crippen LogP contribution in [-0.4, -0.2) is 47.5 Å². The van der Waals surface area contributed by atoms with E-state index in [2.05, 4.69) is 0 Å². The Bertz CT molecular complexity index is 1430. The molecular weight excluding hydrogens is 604 g/mol. The second-order valence-corrected chi connectivity index (χ2v) is 21.7. The molecule has 3 aromatic rings. The van der Waals surface area contributed by atoms with Crippen LogP contribution in [0, 0.1) is 41.5 Å². The summed E-state index contributed by atoms with van der Waals surface area (Å²) in [6.07, 6.45) is 0.249. The lowest BCUT2D eigenvalue weighted by molar-refractivity contribution is 0.103.